The first-order valence-electron chi connectivity index (χ1n) is 13.9. The number of thiazole rings is 1. The number of alkyl halides is 3. The third-order valence-corrected chi connectivity index (χ3v) is 7.54. The summed E-state index contributed by atoms with van der Waals surface area (Å²) in [7, 11) is 0. The highest BCUT2D eigenvalue weighted by molar-refractivity contribution is 7.17. The van der Waals surface area contributed by atoms with Crippen LogP contribution in [0.3, 0.4) is 0 Å². The third-order valence-electron chi connectivity index (χ3n) is 6.59. The van der Waals surface area contributed by atoms with Crippen LogP contribution in [0.2, 0.25) is 0 Å². The van der Waals surface area contributed by atoms with Crippen LogP contribution in [0.1, 0.15) is 57.1 Å². The van der Waals surface area contributed by atoms with Crippen molar-refractivity contribution in [1.29, 1.82) is 0 Å². The van der Waals surface area contributed by atoms with Crippen molar-refractivity contribution in [2.75, 3.05) is 42.5 Å². The second kappa shape index (κ2) is 15.3. The number of anilines is 3. The number of carbonyl (C=O) groups excluding carboxylic acids is 1. The van der Waals surface area contributed by atoms with Crippen molar-refractivity contribution >= 4 is 39.7 Å². The van der Waals surface area contributed by atoms with Gasteiger partial charge in [-0.25, -0.2) is 14.8 Å². The number of halogens is 3. The molecule has 236 valence electrons. The molecule has 5 N–H and O–H groups in total. The fourth-order valence-corrected chi connectivity index (χ4v) is 4.71. The Morgan fingerprint density at radius 1 is 1.09 bits per heavy atom. The standard InChI is InChI=1S/C19H17F3N4O.C11H19N3O2S/c1-11-3-4-15(8-17(11)23)25-18(27)13-5-14(19(20,21)22)7-16(6-13)26-9-12(2)24-10-26;1-3-14(4-2)7-5-6-12-11-13-8-9(17-11)10(15)16/h3-10H,23H2,1-2H3,(H,25,27);8H,3-7H2,1-2H3,(H,12,13)(H,15,16). The van der Waals surface area contributed by atoms with E-state index in [1.54, 1.807) is 31.3 Å². The molecular weight excluding hydrogens is 595 g/mol. The number of nitrogens with zero attached hydrogens (tertiary/aromatic N) is 4. The molecule has 0 aliphatic rings. The summed E-state index contributed by atoms with van der Waals surface area (Å²) in [5.41, 5.74) is 7.33. The number of benzene rings is 2. The number of hydrogen-bond acceptors (Lipinski definition) is 8. The molecule has 1 amide bonds. The van der Waals surface area contributed by atoms with Crippen LogP contribution in [0.5, 0.6) is 0 Å². The second-order valence-corrected chi connectivity index (χ2v) is 10.9. The summed E-state index contributed by atoms with van der Waals surface area (Å²) in [5, 5.41) is 15.1. The molecule has 44 heavy (non-hydrogen) atoms. The zero-order chi connectivity index (χ0) is 32.4. The topological polar surface area (TPSA) is 138 Å². The first-order valence-corrected chi connectivity index (χ1v) is 14.7. The lowest BCUT2D eigenvalue weighted by Crippen LogP contribution is -2.25. The first kappa shape index (κ1) is 34.1. The predicted molar refractivity (Wildman–Crippen MR) is 167 cm³/mol. The SMILES string of the molecule is CCN(CC)CCCNc1ncc(C(=O)O)s1.Cc1cn(-c2cc(C(=O)Nc3ccc(C)c(N)c3)cc(C(F)(F)F)c2)cn1. The van der Waals surface area contributed by atoms with E-state index < -0.39 is 23.6 Å². The number of aromatic carboxylic acids is 1. The summed E-state index contributed by atoms with van der Waals surface area (Å²) in [6, 6.07) is 8.08. The number of nitrogen functional groups attached to an aromatic ring is 1. The smallest absolute Gasteiger partial charge is 0.416 e. The number of carboxylic acids is 1. The minimum absolute atomic E-state index is 0.120. The van der Waals surface area contributed by atoms with Gasteiger partial charge in [-0.05, 0) is 75.8 Å². The minimum atomic E-state index is -4.59. The number of nitrogens with two attached hydrogens (primary N) is 1. The van der Waals surface area contributed by atoms with Crippen molar-refractivity contribution < 1.29 is 27.9 Å². The molecular formula is C30H36F3N7O3S. The summed E-state index contributed by atoms with van der Waals surface area (Å²) in [4.78, 5) is 33.8. The van der Waals surface area contributed by atoms with Crippen LogP contribution in [0.15, 0.2) is 55.1 Å². The van der Waals surface area contributed by atoms with Crippen LogP contribution in [0.25, 0.3) is 5.69 Å². The second-order valence-electron chi connectivity index (χ2n) is 9.86. The van der Waals surface area contributed by atoms with E-state index in [4.69, 9.17) is 10.8 Å². The Balaban J connectivity index is 0.000000269. The Morgan fingerprint density at radius 2 is 1.82 bits per heavy atom. The number of rotatable bonds is 11. The number of nitrogens with one attached hydrogen (secondary N) is 2. The Kier molecular flexibility index (Phi) is 11.9. The van der Waals surface area contributed by atoms with E-state index in [9.17, 15) is 22.8 Å². The van der Waals surface area contributed by atoms with Gasteiger partial charge in [-0.15, -0.1) is 0 Å². The molecule has 0 aliphatic heterocycles. The van der Waals surface area contributed by atoms with Gasteiger partial charge in [0.25, 0.3) is 5.91 Å². The predicted octanol–water partition coefficient (Wildman–Crippen LogP) is 6.33. The molecule has 4 rings (SSSR count). The Bertz CT molecular complexity index is 1570. The third kappa shape index (κ3) is 9.81. The van der Waals surface area contributed by atoms with Crippen LogP contribution < -0.4 is 16.4 Å². The van der Waals surface area contributed by atoms with Gasteiger partial charge in [-0.3, -0.25) is 4.79 Å². The van der Waals surface area contributed by atoms with E-state index in [0.717, 1.165) is 50.3 Å². The maximum atomic E-state index is 13.3. The molecule has 2 aromatic heterocycles. The van der Waals surface area contributed by atoms with E-state index in [1.807, 2.05) is 6.92 Å². The highest BCUT2D eigenvalue weighted by atomic mass is 32.1. The van der Waals surface area contributed by atoms with Gasteiger partial charge in [-0.1, -0.05) is 31.3 Å². The van der Waals surface area contributed by atoms with E-state index in [2.05, 4.69) is 39.3 Å². The Hall–Kier alpha value is -4.43. The fourth-order valence-electron chi connectivity index (χ4n) is 4.03. The quantitative estimate of drug-likeness (QED) is 0.111. The maximum absolute atomic E-state index is 13.3. The molecule has 0 saturated carbocycles. The Labute approximate surface area is 257 Å². The maximum Gasteiger partial charge on any atom is 0.416 e. The largest absolute Gasteiger partial charge is 0.477 e. The Morgan fingerprint density at radius 3 is 2.39 bits per heavy atom. The monoisotopic (exact) mass is 631 g/mol. The van der Waals surface area contributed by atoms with Gasteiger partial charge in [-0.2, -0.15) is 13.2 Å². The van der Waals surface area contributed by atoms with Gasteiger partial charge in [0, 0.05) is 35.4 Å². The molecule has 2 heterocycles. The molecule has 0 spiro atoms. The molecule has 14 heteroatoms. The highest BCUT2D eigenvalue weighted by Gasteiger charge is 2.32. The number of imidazole rings is 1. The fraction of sp³-hybridized carbons (Fsp3) is 0.333. The van der Waals surface area contributed by atoms with E-state index >= 15 is 0 Å². The van der Waals surface area contributed by atoms with E-state index in [1.165, 1.54) is 34.5 Å². The van der Waals surface area contributed by atoms with Crippen LogP contribution in [0, 0.1) is 13.8 Å². The summed E-state index contributed by atoms with van der Waals surface area (Å²) in [5.74, 6) is -1.58. The lowest BCUT2D eigenvalue weighted by atomic mass is 10.1. The summed E-state index contributed by atoms with van der Waals surface area (Å²) < 4.78 is 41.3. The molecule has 0 radical (unpaired) electrons. The van der Waals surface area contributed by atoms with Crippen molar-refractivity contribution in [3.63, 3.8) is 0 Å². The van der Waals surface area contributed by atoms with Gasteiger partial charge in [0.2, 0.25) is 0 Å². The van der Waals surface area contributed by atoms with Crippen LogP contribution in [-0.4, -0.2) is 62.6 Å². The average molecular weight is 632 g/mol. The lowest BCUT2D eigenvalue weighted by molar-refractivity contribution is -0.137. The van der Waals surface area contributed by atoms with Crippen molar-refractivity contribution in [3.05, 3.63) is 82.4 Å². The average Bonchev–Trinajstić information content (AvgIpc) is 3.64. The van der Waals surface area contributed by atoms with Crippen molar-refractivity contribution in [2.45, 2.75) is 40.3 Å². The molecule has 2 aromatic carbocycles. The van der Waals surface area contributed by atoms with Crippen molar-refractivity contribution in [2.24, 2.45) is 0 Å². The zero-order valence-corrected chi connectivity index (χ0v) is 25.7. The molecule has 0 bridgehead atoms. The van der Waals surface area contributed by atoms with Crippen molar-refractivity contribution in [3.8, 4) is 5.69 Å². The van der Waals surface area contributed by atoms with E-state index in [0.29, 0.717) is 22.2 Å². The van der Waals surface area contributed by atoms with Crippen LogP contribution in [-0.2, 0) is 6.18 Å². The summed E-state index contributed by atoms with van der Waals surface area (Å²) in [6.45, 7) is 11.8. The molecule has 0 aliphatic carbocycles. The normalized spacial score (nSPS) is 11.2. The lowest BCUT2D eigenvalue weighted by Gasteiger charge is -2.17. The first-order chi connectivity index (χ1) is 20.8. The number of carboxylic acid groups (broad SMARTS) is 1. The molecule has 0 unspecified atom stereocenters. The number of aromatic nitrogens is 3. The highest BCUT2D eigenvalue weighted by Crippen LogP contribution is 2.32. The van der Waals surface area contributed by atoms with Crippen LogP contribution in [0.4, 0.5) is 29.7 Å². The molecule has 10 nitrogen and oxygen atoms in total. The molecule has 0 atom stereocenters. The summed E-state index contributed by atoms with van der Waals surface area (Å²) >= 11 is 1.18. The number of aryl methyl sites for hydroxylation is 2. The van der Waals surface area contributed by atoms with Gasteiger partial charge in [0.15, 0.2) is 5.13 Å². The van der Waals surface area contributed by atoms with E-state index in [-0.39, 0.29) is 16.1 Å². The minimum Gasteiger partial charge on any atom is -0.477 e. The number of carbonyl (C=O) groups is 2. The van der Waals surface area contributed by atoms with Crippen LogP contribution >= 0.6 is 11.3 Å². The zero-order valence-electron chi connectivity index (χ0n) is 24.9. The van der Waals surface area contributed by atoms with Gasteiger partial charge >= 0.3 is 12.1 Å². The number of hydrogen-bond donors (Lipinski definition) is 4. The van der Waals surface area contributed by atoms with Crippen molar-refractivity contribution in [1.82, 2.24) is 19.4 Å². The molecule has 0 saturated heterocycles. The molecule has 4 aromatic rings. The summed E-state index contributed by atoms with van der Waals surface area (Å²) in [6.07, 6.45) is 0.809. The van der Waals surface area contributed by atoms with Gasteiger partial charge in [0.05, 0.1) is 23.8 Å². The molecule has 0 fully saturated rings. The van der Waals surface area contributed by atoms with Gasteiger partial charge in [0.1, 0.15) is 4.88 Å². The van der Waals surface area contributed by atoms with Gasteiger partial charge < -0.3 is 30.9 Å². The number of amides is 1.